The summed E-state index contributed by atoms with van der Waals surface area (Å²) in [5, 5.41) is 0.546. The van der Waals surface area contributed by atoms with Crippen LogP contribution >= 0.6 is 11.6 Å². The summed E-state index contributed by atoms with van der Waals surface area (Å²) >= 11 is 6.01. The van der Waals surface area contributed by atoms with Crippen LogP contribution in [-0.4, -0.2) is 28.0 Å². The lowest BCUT2D eigenvalue weighted by Crippen LogP contribution is -2.17. The van der Waals surface area contributed by atoms with Crippen LogP contribution in [0.5, 0.6) is 5.75 Å². The Kier molecular flexibility index (Phi) is 5.76. The van der Waals surface area contributed by atoms with E-state index in [0.29, 0.717) is 16.7 Å². The molecule has 3 rings (SSSR count). The molecule has 0 radical (unpaired) electrons. The van der Waals surface area contributed by atoms with Crippen LogP contribution in [0.4, 0.5) is 5.69 Å². The highest BCUT2D eigenvalue weighted by atomic mass is 35.5. The second-order valence-electron chi connectivity index (χ2n) is 5.85. The van der Waals surface area contributed by atoms with Crippen LogP contribution < -0.4 is 9.64 Å². The molecule has 0 amide bonds. The van der Waals surface area contributed by atoms with Gasteiger partial charge in [0.15, 0.2) is 16.5 Å². The third-order valence-corrected chi connectivity index (χ3v) is 6.03. The first-order valence-corrected chi connectivity index (χ1v) is 10.3. The van der Waals surface area contributed by atoms with Crippen molar-refractivity contribution < 1.29 is 22.7 Å². The number of allylic oxidation sites excluding steroid dienone is 2. The number of benzene rings is 2. The SMILES string of the molecule is CCOC(=O)/C(=C/C=C1\Oc2ccc(Cl)cc2N1C)S(=O)(=O)c1ccccc1. The van der Waals surface area contributed by atoms with Gasteiger partial charge >= 0.3 is 5.97 Å². The average Bonchev–Trinajstić information content (AvgIpc) is 2.98. The summed E-state index contributed by atoms with van der Waals surface area (Å²) in [4.78, 5) is 13.6. The van der Waals surface area contributed by atoms with Gasteiger partial charge in [-0.1, -0.05) is 29.8 Å². The third kappa shape index (κ3) is 3.90. The van der Waals surface area contributed by atoms with Gasteiger partial charge in [0.2, 0.25) is 9.84 Å². The molecule has 1 aliphatic heterocycles. The van der Waals surface area contributed by atoms with Crippen molar-refractivity contribution in [2.75, 3.05) is 18.6 Å². The molecule has 0 fully saturated rings. The third-order valence-electron chi connectivity index (χ3n) is 4.02. The lowest BCUT2D eigenvalue weighted by molar-refractivity contribution is -0.137. The first-order valence-electron chi connectivity index (χ1n) is 8.45. The van der Waals surface area contributed by atoms with Crippen LogP contribution in [0.15, 0.2) is 76.4 Å². The summed E-state index contributed by atoms with van der Waals surface area (Å²) < 4.78 is 36.5. The van der Waals surface area contributed by atoms with Gasteiger partial charge in [0.1, 0.15) is 0 Å². The number of hydrogen-bond donors (Lipinski definition) is 0. The Bertz CT molecular complexity index is 1060. The van der Waals surface area contributed by atoms with Gasteiger partial charge < -0.3 is 14.4 Å². The van der Waals surface area contributed by atoms with E-state index in [0.717, 1.165) is 5.69 Å². The molecule has 1 aliphatic rings. The highest BCUT2D eigenvalue weighted by molar-refractivity contribution is 7.96. The number of hydrogen-bond acceptors (Lipinski definition) is 6. The van der Waals surface area contributed by atoms with Gasteiger partial charge in [-0.05, 0) is 43.3 Å². The molecule has 2 aromatic carbocycles. The van der Waals surface area contributed by atoms with Crippen molar-refractivity contribution in [3.8, 4) is 5.75 Å². The van der Waals surface area contributed by atoms with E-state index in [1.54, 1.807) is 55.3 Å². The molecule has 2 aromatic rings. The Morgan fingerprint density at radius 2 is 1.93 bits per heavy atom. The van der Waals surface area contributed by atoms with Crippen LogP contribution in [-0.2, 0) is 19.4 Å². The van der Waals surface area contributed by atoms with E-state index in [9.17, 15) is 13.2 Å². The van der Waals surface area contributed by atoms with Crippen LogP contribution in [0.3, 0.4) is 0 Å². The lowest BCUT2D eigenvalue weighted by Gasteiger charge is -2.11. The van der Waals surface area contributed by atoms with Gasteiger partial charge in [-0.25, -0.2) is 13.2 Å². The summed E-state index contributed by atoms with van der Waals surface area (Å²) in [6.45, 7) is 1.66. The van der Waals surface area contributed by atoms with Crippen molar-refractivity contribution in [1.29, 1.82) is 0 Å². The van der Waals surface area contributed by atoms with E-state index < -0.39 is 20.7 Å². The van der Waals surface area contributed by atoms with Crippen molar-refractivity contribution in [2.24, 2.45) is 0 Å². The van der Waals surface area contributed by atoms with Crippen LogP contribution in [0.25, 0.3) is 0 Å². The summed E-state index contributed by atoms with van der Waals surface area (Å²) in [6.07, 6.45) is 2.61. The first kappa shape index (κ1) is 20.0. The zero-order chi connectivity index (χ0) is 20.3. The molecule has 0 N–H and O–H groups in total. The number of carbonyl (C=O) groups excluding carboxylic acids is 1. The van der Waals surface area contributed by atoms with E-state index in [4.69, 9.17) is 21.1 Å². The van der Waals surface area contributed by atoms with Crippen molar-refractivity contribution in [3.05, 3.63) is 76.5 Å². The van der Waals surface area contributed by atoms with E-state index in [1.807, 2.05) is 0 Å². The molecular formula is C20H18ClNO5S. The molecular weight excluding hydrogens is 402 g/mol. The van der Waals surface area contributed by atoms with Gasteiger partial charge in [-0.15, -0.1) is 0 Å². The molecule has 6 nitrogen and oxygen atoms in total. The number of esters is 1. The molecule has 0 saturated heterocycles. The predicted octanol–water partition coefficient (Wildman–Crippen LogP) is 3.93. The van der Waals surface area contributed by atoms with E-state index >= 15 is 0 Å². The minimum absolute atomic E-state index is 0.00321. The second-order valence-corrected chi connectivity index (χ2v) is 8.20. The Morgan fingerprint density at radius 1 is 1.21 bits per heavy atom. The maximum atomic E-state index is 12.9. The number of anilines is 1. The van der Waals surface area contributed by atoms with Gasteiger partial charge in [0.05, 0.1) is 17.2 Å². The molecule has 8 heteroatoms. The minimum atomic E-state index is -4.06. The normalized spacial score (nSPS) is 15.3. The second kappa shape index (κ2) is 8.08. The maximum Gasteiger partial charge on any atom is 0.350 e. The summed E-state index contributed by atoms with van der Waals surface area (Å²) in [7, 11) is -2.31. The molecule has 1 heterocycles. The van der Waals surface area contributed by atoms with E-state index in [2.05, 4.69) is 0 Å². The Morgan fingerprint density at radius 3 is 2.61 bits per heavy atom. The van der Waals surface area contributed by atoms with Crippen LogP contribution in [0.1, 0.15) is 6.92 Å². The predicted molar refractivity (Wildman–Crippen MR) is 107 cm³/mol. The molecule has 0 atom stereocenters. The van der Waals surface area contributed by atoms with Crippen LogP contribution in [0, 0.1) is 0 Å². The monoisotopic (exact) mass is 419 g/mol. The number of nitrogens with zero attached hydrogens (tertiary/aromatic N) is 1. The molecule has 0 unspecified atom stereocenters. The number of halogens is 1. The van der Waals surface area contributed by atoms with Crippen molar-refractivity contribution >= 4 is 33.1 Å². The number of sulfone groups is 1. The zero-order valence-corrected chi connectivity index (χ0v) is 16.8. The van der Waals surface area contributed by atoms with Gasteiger partial charge in [-0.2, -0.15) is 0 Å². The fourth-order valence-corrected chi connectivity index (χ4v) is 4.09. The minimum Gasteiger partial charge on any atom is -0.462 e. The maximum absolute atomic E-state index is 12.9. The van der Waals surface area contributed by atoms with E-state index in [1.165, 1.54) is 24.3 Å². The fraction of sp³-hybridized carbons (Fsp3) is 0.150. The van der Waals surface area contributed by atoms with Crippen molar-refractivity contribution in [3.63, 3.8) is 0 Å². The molecule has 146 valence electrons. The summed E-state index contributed by atoms with van der Waals surface area (Å²) in [5.74, 6) is 0.00175. The quantitative estimate of drug-likeness (QED) is 0.540. The Labute approximate surface area is 168 Å². The summed E-state index contributed by atoms with van der Waals surface area (Å²) in [5.41, 5.74) is 0.732. The van der Waals surface area contributed by atoms with Gasteiger partial charge in [0.25, 0.3) is 0 Å². The number of fused-ring (bicyclic) bond motifs is 1. The average molecular weight is 420 g/mol. The Hall–Kier alpha value is -2.77. The number of ether oxygens (including phenoxy) is 2. The topological polar surface area (TPSA) is 72.9 Å². The molecule has 0 aliphatic carbocycles. The van der Waals surface area contributed by atoms with Crippen molar-refractivity contribution in [2.45, 2.75) is 11.8 Å². The molecule has 0 aromatic heterocycles. The largest absolute Gasteiger partial charge is 0.462 e. The number of rotatable bonds is 5. The highest BCUT2D eigenvalue weighted by Crippen LogP contribution is 2.39. The van der Waals surface area contributed by atoms with E-state index in [-0.39, 0.29) is 11.5 Å². The van der Waals surface area contributed by atoms with Crippen LogP contribution in [0.2, 0.25) is 5.02 Å². The fourth-order valence-electron chi connectivity index (χ4n) is 2.63. The van der Waals surface area contributed by atoms with Crippen molar-refractivity contribution in [1.82, 2.24) is 0 Å². The first-order chi connectivity index (χ1) is 13.3. The smallest absolute Gasteiger partial charge is 0.350 e. The molecule has 0 saturated carbocycles. The highest BCUT2D eigenvalue weighted by Gasteiger charge is 2.29. The van der Waals surface area contributed by atoms with Gasteiger partial charge in [0, 0.05) is 18.1 Å². The number of carbonyl (C=O) groups is 1. The zero-order valence-electron chi connectivity index (χ0n) is 15.3. The standard InChI is InChI=1S/C20H18ClNO5S/c1-3-26-20(23)18(28(24,25)15-7-5-4-6-8-15)11-12-19-22(2)16-13-14(21)9-10-17(16)27-19/h4-13H,3H2,1-2H3/b18-11-,19-12-. The molecule has 28 heavy (non-hydrogen) atoms. The Balaban J connectivity index is 2.02. The van der Waals surface area contributed by atoms with Gasteiger partial charge in [-0.3, -0.25) is 0 Å². The molecule has 0 spiro atoms. The summed E-state index contributed by atoms with van der Waals surface area (Å²) in [6, 6.07) is 12.8. The lowest BCUT2D eigenvalue weighted by atomic mass is 10.3. The molecule has 0 bridgehead atoms.